The summed E-state index contributed by atoms with van der Waals surface area (Å²) in [6.45, 7) is 0.925. The maximum Gasteiger partial charge on any atom is 0.256 e. The molecule has 1 N–H and O–H groups in total. The van der Waals surface area contributed by atoms with Crippen LogP contribution in [0.25, 0.3) is 0 Å². The van der Waals surface area contributed by atoms with Gasteiger partial charge < -0.3 is 10.2 Å². The number of nitrogens with one attached hydrogen (secondary N) is 1. The second-order valence-electron chi connectivity index (χ2n) is 6.84. The van der Waals surface area contributed by atoms with Gasteiger partial charge in [-0.25, -0.2) is 8.42 Å². The molecule has 0 aromatic heterocycles. The summed E-state index contributed by atoms with van der Waals surface area (Å²) in [6, 6.07) is 8.44. The molecular formula is C19H21N3O3S. The zero-order chi connectivity index (χ0) is 18.1. The number of hydrogen-bond acceptors (Lipinski definition) is 4. The Morgan fingerprint density at radius 3 is 3.00 bits per heavy atom. The molecule has 3 aliphatic rings. The Morgan fingerprint density at radius 1 is 1.27 bits per heavy atom. The highest BCUT2D eigenvalue weighted by Gasteiger charge is 2.25. The molecule has 0 saturated carbocycles. The Kier molecular flexibility index (Phi) is 4.40. The molecule has 7 heteroatoms. The number of fused-ring (bicyclic) bond motifs is 2. The topological polar surface area (TPSA) is 78.8 Å². The van der Waals surface area contributed by atoms with Crippen molar-refractivity contribution in [2.24, 2.45) is 4.40 Å². The van der Waals surface area contributed by atoms with Crippen molar-refractivity contribution >= 4 is 21.8 Å². The molecule has 0 bridgehead atoms. The largest absolute Gasteiger partial charge is 0.351 e. The number of rotatable bonds is 3. The van der Waals surface area contributed by atoms with Gasteiger partial charge in [0, 0.05) is 25.2 Å². The number of sulfonamides is 1. The van der Waals surface area contributed by atoms with Crippen LogP contribution in [0, 0.1) is 0 Å². The maximum absolute atomic E-state index is 12.5. The Bertz CT molecular complexity index is 931. The molecule has 1 unspecified atom stereocenters. The number of carbonyl (C=O) groups excluding carboxylic acids is 1. The van der Waals surface area contributed by atoms with Gasteiger partial charge in [0.05, 0.1) is 11.3 Å². The lowest BCUT2D eigenvalue weighted by molar-refractivity contribution is -0.117. The molecule has 4 rings (SSSR count). The highest BCUT2D eigenvalue weighted by Crippen LogP contribution is 2.30. The first kappa shape index (κ1) is 17.0. The second-order valence-corrected chi connectivity index (χ2v) is 8.60. The first-order valence-corrected chi connectivity index (χ1v) is 10.5. The number of hydrogen-bond donors (Lipinski definition) is 1. The number of nitrogens with zero attached hydrogens (tertiary/aromatic N) is 2. The Morgan fingerprint density at radius 2 is 2.12 bits per heavy atom. The summed E-state index contributed by atoms with van der Waals surface area (Å²) >= 11 is 0. The summed E-state index contributed by atoms with van der Waals surface area (Å²) in [5, 5.41) is 3.03. The molecule has 1 aromatic carbocycles. The van der Waals surface area contributed by atoms with E-state index in [-0.39, 0.29) is 11.7 Å². The van der Waals surface area contributed by atoms with Crippen molar-refractivity contribution < 1.29 is 13.2 Å². The van der Waals surface area contributed by atoms with Crippen LogP contribution in [-0.2, 0) is 21.2 Å². The average Bonchev–Trinajstić information content (AvgIpc) is 2.65. The third kappa shape index (κ3) is 3.44. The number of amidine groups is 1. The molecule has 1 aliphatic carbocycles. The van der Waals surface area contributed by atoms with E-state index in [1.54, 1.807) is 23.3 Å². The molecule has 2 aliphatic heterocycles. The van der Waals surface area contributed by atoms with E-state index in [2.05, 4.69) is 34.0 Å². The van der Waals surface area contributed by atoms with E-state index in [4.69, 9.17) is 0 Å². The molecule has 136 valence electrons. The quantitative estimate of drug-likeness (QED) is 0.877. The summed E-state index contributed by atoms with van der Waals surface area (Å²) in [4.78, 5) is 14.3. The van der Waals surface area contributed by atoms with Crippen LogP contribution in [0.3, 0.4) is 0 Å². The number of carbonyl (C=O) groups is 1. The monoisotopic (exact) mass is 371 g/mol. The molecule has 2 heterocycles. The summed E-state index contributed by atoms with van der Waals surface area (Å²) in [7, 11) is -3.38. The molecule has 6 nitrogen and oxygen atoms in total. The van der Waals surface area contributed by atoms with Gasteiger partial charge in [-0.15, -0.1) is 4.40 Å². The van der Waals surface area contributed by atoms with Crippen LogP contribution in [0.2, 0.25) is 0 Å². The van der Waals surface area contributed by atoms with Gasteiger partial charge in [-0.1, -0.05) is 24.3 Å². The molecule has 1 atom stereocenters. The fourth-order valence-corrected chi connectivity index (χ4v) is 4.69. The van der Waals surface area contributed by atoms with Gasteiger partial charge in [-0.3, -0.25) is 4.79 Å². The number of amides is 1. The van der Waals surface area contributed by atoms with Crippen LogP contribution in [0.4, 0.5) is 0 Å². The first-order valence-electron chi connectivity index (χ1n) is 8.87. The van der Waals surface area contributed by atoms with Crippen LogP contribution in [0.1, 0.15) is 29.9 Å². The summed E-state index contributed by atoms with van der Waals surface area (Å²) in [5.41, 5.74) is 3.24. The fourth-order valence-electron chi connectivity index (χ4n) is 3.72. The highest BCUT2D eigenvalue weighted by molar-refractivity contribution is 7.90. The summed E-state index contributed by atoms with van der Waals surface area (Å²) in [6.07, 6.45) is 8.21. The minimum absolute atomic E-state index is 0.0331. The smallest absolute Gasteiger partial charge is 0.256 e. The SMILES string of the molecule is O=C(NCC1CCCc2ccccc21)C1=CN2CCS(=O)(=O)N=C2C=C1. The third-order valence-electron chi connectivity index (χ3n) is 5.09. The van der Waals surface area contributed by atoms with Crippen molar-refractivity contribution in [3.05, 3.63) is 59.3 Å². The van der Waals surface area contributed by atoms with E-state index in [1.807, 2.05) is 0 Å². The normalized spacial score (nSPS) is 23.4. The van der Waals surface area contributed by atoms with Crippen LogP contribution in [0.5, 0.6) is 0 Å². The van der Waals surface area contributed by atoms with Crippen molar-refractivity contribution in [1.82, 2.24) is 10.2 Å². The standard InChI is InChI=1S/C19H21N3O3S/c23-19(16-8-9-18-21-26(24,25)11-10-22(18)13-16)20-12-15-6-3-5-14-4-1-2-7-17(14)15/h1-2,4,7-9,13,15H,3,5-6,10-12H2,(H,20,23). The van der Waals surface area contributed by atoms with E-state index in [1.165, 1.54) is 11.1 Å². The molecule has 0 spiro atoms. The lowest BCUT2D eigenvalue weighted by Crippen LogP contribution is -2.38. The van der Waals surface area contributed by atoms with E-state index in [9.17, 15) is 13.2 Å². The van der Waals surface area contributed by atoms with Crippen molar-refractivity contribution in [3.63, 3.8) is 0 Å². The van der Waals surface area contributed by atoms with Gasteiger partial charge in [-0.05, 0) is 42.5 Å². The van der Waals surface area contributed by atoms with Gasteiger partial charge in [0.1, 0.15) is 5.84 Å². The molecule has 0 fully saturated rings. The van der Waals surface area contributed by atoms with Gasteiger partial charge in [0.25, 0.3) is 15.9 Å². The van der Waals surface area contributed by atoms with Gasteiger partial charge >= 0.3 is 0 Å². The fraction of sp³-hybridized carbons (Fsp3) is 0.368. The Balaban J connectivity index is 1.43. The van der Waals surface area contributed by atoms with Crippen LogP contribution in [0.15, 0.2) is 52.6 Å². The molecule has 26 heavy (non-hydrogen) atoms. The second kappa shape index (κ2) is 6.72. The lowest BCUT2D eigenvalue weighted by atomic mass is 9.83. The number of benzene rings is 1. The Labute approximate surface area is 153 Å². The highest BCUT2D eigenvalue weighted by atomic mass is 32.2. The first-order chi connectivity index (χ1) is 12.5. The third-order valence-corrected chi connectivity index (χ3v) is 6.25. The lowest BCUT2D eigenvalue weighted by Gasteiger charge is -2.28. The van der Waals surface area contributed by atoms with E-state index < -0.39 is 10.0 Å². The van der Waals surface area contributed by atoms with E-state index in [0.717, 1.165) is 19.3 Å². The average molecular weight is 371 g/mol. The van der Waals surface area contributed by atoms with Crippen LogP contribution < -0.4 is 5.32 Å². The van der Waals surface area contributed by atoms with Crippen molar-refractivity contribution in [3.8, 4) is 0 Å². The predicted octanol–water partition coefficient (Wildman–Crippen LogP) is 1.72. The Hall–Kier alpha value is -2.41. The van der Waals surface area contributed by atoms with E-state index in [0.29, 0.717) is 30.4 Å². The minimum atomic E-state index is -3.38. The van der Waals surface area contributed by atoms with Crippen molar-refractivity contribution in [2.45, 2.75) is 25.2 Å². The predicted molar refractivity (Wildman–Crippen MR) is 100 cm³/mol. The zero-order valence-electron chi connectivity index (χ0n) is 14.4. The minimum Gasteiger partial charge on any atom is -0.351 e. The van der Waals surface area contributed by atoms with Gasteiger partial charge in [0.15, 0.2) is 0 Å². The van der Waals surface area contributed by atoms with Crippen molar-refractivity contribution in [1.29, 1.82) is 0 Å². The maximum atomic E-state index is 12.5. The molecular weight excluding hydrogens is 350 g/mol. The van der Waals surface area contributed by atoms with E-state index >= 15 is 0 Å². The summed E-state index contributed by atoms with van der Waals surface area (Å²) in [5.74, 6) is 0.536. The molecule has 0 saturated heterocycles. The van der Waals surface area contributed by atoms with Gasteiger partial charge in [0.2, 0.25) is 0 Å². The summed E-state index contributed by atoms with van der Waals surface area (Å²) < 4.78 is 26.8. The molecule has 0 radical (unpaired) electrons. The molecule has 1 amide bonds. The van der Waals surface area contributed by atoms with Crippen LogP contribution in [-0.4, -0.2) is 43.9 Å². The van der Waals surface area contributed by atoms with Crippen LogP contribution >= 0.6 is 0 Å². The zero-order valence-corrected chi connectivity index (χ0v) is 15.2. The molecule has 1 aromatic rings. The number of aryl methyl sites for hydroxylation is 1. The van der Waals surface area contributed by atoms with Crippen molar-refractivity contribution in [2.75, 3.05) is 18.8 Å². The van der Waals surface area contributed by atoms with Gasteiger partial charge in [-0.2, -0.15) is 0 Å².